The smallest absolute Gasteiger partial charge is 0.225 e. The number of fused-ring (bicyclic) bond motifs is 1. The van der Waals surface area contributed by atoms with Gasteiger partial charge in [0.1, 0.15) is 29.7 Å². The lowest BCUT2D eigenvalue weighted by atomic mass is 9.85. The van der Waals surface area contributed by atoms with Gasteiger partial charge in [-0.15, -0.1) is 0 Å². The standard InChI is InChI=1S/C31H32FNO6S/c1-19-8-9-21(32)15-27(19)38-18-25-23(12-13-26-30(25)20(2)17-31(3,4)33-26)24-11-10-22(16-28(24)36-5)39-40(34,35)29-7-6-14-37-29/h6-17,33-35H,18H2,1-5H3. The van der Waals surface area contributed by atoms with E-state index in [4.69, 9.17) is 18.1 Å². The van der Waals surface area contributed by atoms with E-state index in [1.54, 1.807) is 30.3 Å². The Labute approximate surface area is 234 Å². The van der Waals surface area contributed by atoms with E-state index in [0.29, 0.717) is 11.5 Å². The molecule has 1 aromatic heterocycles. The maximum atomic E-state index is 14.0. The van der Waals surface area contributed by atoms with Crippen molar-refractivity contribution in [2.24, 2.45) is 0 Å². The van der Waals surface area contributed by atoms with Crippen molar-refractivity contribution >= 4 is 22.1 Å². The number of nitrogens with one attached hydrogen (secondary N) is 1. The highest BCUT2D eigenvalue weighted by atomic mass is 32.3. The molecule has 4 aromatic rings. The molecule has 3 N–H and O–H groups in total. The molecule has 0 unspecified atom stereocenters. The second-order valence-electron chi connectivity index (χ2n) is 10.3. The summed E-state index contributed by atoms with van der Waals surface area (Å²) < 4.78 is 57.5. The van der Waals surface area contributed by atoms with Crippen LogP contribution in [-0.2, 0) is 6.61 Å². The van der Waals surface area contributed by atoms with Gasteiger partial charge in [0.05, 0.1) is 18.9 Å². The number of allylic oxidation sites excluding steroid dienone is 1. The maximum Gasteiger partial charge on any atom is 0.225 e. The first kappa shape index (κ1) is 27.6. The molecule has 40 heavy (non-hydrogen) atoms. The topological polar surface area (TPSA) is 93.3 Å². The van der Waals surface area contributed by atoms with Gasteiger partial charge in [0.25, 0.3) is 0 Å². The van der Waals surface area contributed by atoms with E-state index in [2.05, 4.69) is 32.2 Å². The van der Waals surface area contributed by atoms with E-state index in [9.17, 15) is 13.5 Å². The van der Waals surface area contributed by atoms with Gasteiger partial charge in [-0.2, -0.15) is 0 Å². The maximum absolute atomic E-state index is 14.0. The molecule has 5 rings (SSSR count). The molecule has 0 bridgehead atoms. The zero-order valence-corrected chi connectivity index (χ0v) is 23.8. The Hall–Kier alpha value is -3.92. The third-order valence-electron chi connectivity index (χ3n) is 6.70. The normalized spacial score (nSPS) is 14.6. The Morgan fingerprint density at radius 3 is 2.48 bits per heavy atom. The van der Waals surface area contributed by atoms with Gasteiger partial charge in [0.2, 0.25) is 5.09 Å². The van der Waals surface area contributed by atoms with Crippen molar-refractivity contribution in [3.8, 4) is 28.4 Å². The van der Waals surface area contributed by atoms with Crippen LogP contribution < -0.4 is 19.0 Å². The lowest BCUT2D eigenvalue weighted by molar-refractivity contribution is 0.302. The minimum atomic E-state index is -3.65. The van der Waals surface area contributed by atoms with E-state index in [-0.39, 0.29) is 28.8 Å². The third-order valence-corrected chi connectivity index (χ3v) is 7.88. The highest BCUT2D eigenvalue weighted by Gasteiger charge is 2.29. The average molecular weight is 566 g/mol. The summed E-state index contributed by atoms with van der Waals surface area (Å²) in [6.07, 6.45) is 3.51. The number of aryl methyl sites for hydroxylation is 1. The van der Waals surface area contributed by atoms with Crippen molar-refractivity contribution in [1.29, 1.82) is 0 Å². The Morgan fingerprint density at radius 2 is 1.75 bits per heavy atom. The fraction of sp³-hybridized carbons (Fsp3) is 0.226. The van der Waals surface area contributed by atoms with Crippen LogP contribution in [0, 0.1) is 12.7 Å². The molecule has 0 saturated carbocycles. The van der Waals surface area contributed by atoms with Crippen LogP contribution in [0.15, 0.2) is 82.5 Å². The van der Waals surface area contributed by atoms with Crippen LogP contribution in [0.3, 0.4) is 0 Å². The lowest BCUT2D eigenvalue weighted by Gasteiger charge is -2.33. The van der Waals surface area contributed by atoms with Crippen LogP contribution in [0.5, 0.6) is 17.2 Å². The number of benzene rings is 3. The van der Waals surface area contributed by atoms with Crippen LogP contribution in [-0.4, -0.2) is 21.8 Å². The zero-order valence-electron chi connectivity index (χ0n) is 22.9. The zero-order chi connectivity index (χ0) is 28.7. The number of halogens is 1. The van der Waals surface area contributed by atoms with E-state index < -0.39 is 10.9 Å². The molecule has 1 aliphatic rings. The van der Waals surface area contributed by atoms with Gasteiger partial charge in [-0.05, 0) is 80.8 Å². The van der Waals surface area contributed by atoms with Crippen LogP contribution >= 0.6 is 10.9 Å². The molecule has 3 aromatic carbocycles. The van der Waals surface area contributed by atoms with Crippen LogP contribution in [0.25, 0.3) is 16.7 Å². The lowest BCUT2D eigenvalue weighted by Crippen LogP contribution is -2.32. The molecule has 0 radical (unpaired) electrons. The molecule has 0 saturated heterocycles. The van der Waals surface area contributed by atoms with Crippen molar-refractivity contribution in [3.05, 3.63) is 95.5 Å². The summed E-state index contributed by atoms with van der Waals surface area (Å²) in [7, 11) is -2.11. The monoisotopic (exact) mass is 565 g/mol. The van der Waals surface area contributed by atoms with Crippen LogP contribution in [0.1, 0.15) is 37.5 Å². The van der Waals surface area contributed by atoms with Gasteiger partial charge in [0.15, 0.2) is 10.9 Å². The Morgan fingerprint density at radius 1 is 0.975 bits per heavy atom. The van der Waals surface area contributed by atoms with Gasteiger partial charge in [0, 0.05) is 34.5 Å². The van der Waals surface area contributed by atoms with Crippen LogP contribution in [0.2, 0.25) is 0 Å². The number of furan rings is 1. The molecule has 0 fully saturated rings. The van der Waals surface area contributed by atoms with Crippen molar-refractivity contribution in [2.45, 2.75) is 44.9 Å². The summed E-state index contributed by atoms with van der Waals surface area (Å²) in [5.41, 5.74) is 6.14. The van der Waals surface area contributed by atoms with E-state index in [0.717, 1.165) is 39.1 Å². The summed E-state index contributed by atoms with van der Waals surface area (Å²) in [6, 6.07) is 16.5. The molecule has 0 aliphatic carbocycles. The quantitative estimate of drug-likeness (QED) is 0.197. The number of ether oxygens (including phenoxy) is 2. The SMILES string of the molecule is COc1cc(OS(O)(O)c2ccco2)ccc1-c1ccc2c(c1COc1cc(F)ccc1C)C(C)=CC(C)(C)N2. The first-order valence-electron chi connectivity index (χ1n) is 12.7. The highest BCUT2D eigenvalue weighted by molar-refractivity contribution is 8.20. The summed E-state index contributed by atoms with van der Waals surface area (Å²) in [4.78, 5) is 0. The predicted octanol–water partition coefficient (Wildman–Crippen LogP) is 8.69. The van der Waals surface area contributed by atoms with Crippen molar-refractivity contribution in [3.63, 3.8) is 0 Å². The highest BCUT2D eigenvalue weighted by Crippen LogP contribution is 2.51. The van der Waals surface area contributed by atoms with Crippen molar-refractivity contribution in [2.75, 3.05) is 12.4 Å². The molecule has 7 nitrogen and oxygen atoms in total. The Bertz CT molecular complexity index is 1580. The first-order chi connectivity index (χ1) is 19.0. The molecule has 0 amide bonds. The largest absolute Gasteiger partial charge is 0.496 e. The fourth-order valence-electron chi connectivity index (χ4n) is 5.02. The van der Waals surface area contributed by atoms with Gasteiger partial charge in [-0.3, -0.25) is 9.11 Å². The van der Waals surface area contributed by atoms with E-state index in [1.807, 2.05) is 19.1 Å². The van der Waals surface area contributed by atoms with Gasteiger partial charge in [-0.1, -0.05) is 18.2 Å². The number of hydrogen-bond acceptors (Lipinski definition) is 7. The minimum absolute atomic E-state index is 0.0741. The Kier molecular flexibility index (Phi) is 7.31. The number of methoxy groups -OCH3 is 1. The average Bonchev–Trinajstić information content (AvgIpc) is 3.44. The second-order valence-corrected chi connectivity index (χ2v) is 11.8. The summed E-state index contributed by atoms with van der Waals surface area (Å²) >= 11 is 0. The van der Waals surface area contributed by atoms with Crippen LogP contribution in [0.4, 0.5) is 10.1 Å². The molecule has 0 spiro atoms. The molecule has 210 valence electrons. The number of rotatable bonds is 8. The second kappa shape index (κ2) is 10.6. The molecule has 0 atom stereocenters. The fourth-order valence-corrected chi connectivity index (χ4v) is 5.91. The molecular weight excluding hydrogens is 533 g/mol. The minimum Gasteiger partial charge on any atom is -0.496 e. The van der Waals surface area contributed by atoms with E-state index in [1.165, 1.54) is 31.6 Å². The van der Waals surface area contributed by atoms with Crippen molar-refractivity contribution in [1.82, 2.24) is 0 Å². The first-order valence-corrected chi connectivity index (χ1v) is 14.2. The summed E-state index contributed by atoms with van der Waals surface area (Å²) in [5.74, 6) is 0.755. The molecular formula is C31H32FNO6S. The number of hydrogen-bond donors (Lipinski definition) is 3. The number of anilines is 1. The summed E-state index contributed by atoms with van der Waals surface area (Å²) in [5, 5.41) is 3.50. The van der Waals surface area contributed by atoms with E-state index >= 15 is 0 Å². The van der Waals surface area contributed by atoms with Gasteiger partial charge < -0.3 is 23.4 Å². The molecule has 1 aliphatic heterocycles. The van der Waals surface area contributed by atoms with Crippen molar-refractivity contribution < 1.29 is 31.6 Å². The third kappa shape index (κ3) is 5.54. The van der Waals surface area contributed by atoms with Gasteiger partial charge in [-0.25, -0.2) is 4.39 Å². The Balaban J connectivity index is 1.58. The predicted molar refractivity (Wildman–Crippen MR) is 156 cm³/mol. The summed E-state index contributed by atoms with van der Waals surface area (Å²) in [6.45, 7) is 8.33. The molecule has 9 heteroatoms. The van der Waals surface area contributed by atoms with Gasteiger partial charge >= 0.3 is 0 Å². The molecule has 2 heterocycles.